The molecule has 0 unspecified atom stereocenters. The summed E-state index contributed by atoms with van der Waals surface area (Å²) in [6, 6.07) is 8.42. The van der Waals surface area contributed by atoms with E-state index in [1.165, 1.54) is 13.2 Å². The number of benzene rings is 2. The van der Waals surface area contributed by atoms with Crippen molar-refractivity contribution < 1.29 is 28.8 Å². The van der Waals surface area contributed by atoms with Crippen LogP contribution in [0, 0.1) is 0 Å². The van der Waals surface area contributed by atoms with Gasteiger partial charge in [0.15, 0.2) is 17.3 Å². The summed E-state index contributed by atoms with van der Waals surface area (Å²) in [5.74, 6) is 1.60. The summed E-state index contributed by atoms with van der Waals surface area (Å²) in [5.41, 5.74) is 2.82. The van der Waals surface area contributed by atoms with E-state index in [4.69, 9.17) is 18.9 Å². The van der Waals surface area contributed by atoms with Crippen LogP contribution in [-0.4, -0.2) is 31.9 Å². The van der Waals surface area contributed by atoms with Crippen molar-refractivity contribution in [3.8, 4) is 23.0 Å². The molecule has 0 spiro atoms. The first kappa shape index (κ1) is 20.3. The van der Waals surface area contributed by atoms with Crippen molar-refractivity contribution in [1.82, 2.24) is 0 Å². The zero-order valence-corrected chi connectivity index (χ0v) is 16.9. The molecule has 6 heteroatoms. The fraction of sp³-hybridized carbons (Fsp3) is 0.261. The molecule has 0 saturated carbocycles. The second kappa shape index (κ2) is 8.73. The SMILES string of the molecule is COc1cc(OC)c(C(=O)/C=C(\O)c2ccc3c(c2)OCO3)cc1CC=C(C)C. The number of aliphatic hydroxyl groups excluding tert-OH is 1. The fourth-order valence-electron chi connectivity index (χ4n) is 2.97. The first-order valence-electron chi connectivity index (χ1n) is 9.16. The minimum absolute atomic E-state index is 0.139. The van der Waals surface area contributed by atoms with E-state index in [9.17, 15) is 9.90 Å². The van der Waals surface area contributed by atoms with E-state index in [0.717, 1.165) is 11.1 Å². The zero-order chi connectivity index (χ0) is 21.0. The molecule has 152 valence electrons. The molecule has 0 bridgehead atoms. The van der Waals surface area contributed by atoms with Crippen LogP contribution in [0.2, 0.25) is 0 Å². The molecule has 0 aromatic heterocycles. The Morgan fingerprint density at radius 2 is 1.79 bits per heavy atom. The van der Waals surface area contributed by atoms with Crippen molar-refractivity contribution >= 4 is 11.5 Å². The van der Waals surface area contributed by atoms with Crippen molar-refractivity contribution in [2.24, 2.45) is 0 Å². The molecule has 29 heavy (non-hydrogen) atoms. The molecule has 1 N–H and O–H groups in total. The maximum atomic E-state index is 12.9. The molecular weight excluding hydrogens is 372 g/mol. The standard InChI is InChI=1S/C23H24O6/c1-14(2)5-6-16-9-17(22(27-4)12-21(16)26-3)19(25)11-18(24)15-7-8-20-23(10-15)29-13-28-20/h5,7-12,24H,6,13H2,1-4H3/b18-11-. The van der Waals surface area contributed by atoms with Crippen LogP contribution in [0.1, 0.15) is 35.3 Å². The van der Waals surface area contributed by atoms with Crippen molar-refractivity contribution in [2.75, 3.05) is 21.0 Å². The monoisotopic (exact) mass is 396 g/mol. The van der Waals surface area contributed by atoms with E-state index < -0.39 is 0 Å². The third kappa shape index (κ3) is 4.54. The Labute approximate surface area is 170 Å². The van der Waals surface area contributed by atoms with Gasteiger partial charge in [-0.3, -0.25) is 4.79 Å². The molecule has 0 aliphatic carbocycles. The van der Waals surface area contributed by atoms with Gasteiger partial charge in [0.05, 0.1) is 19.8 Å². The Balaban J connectivity index is 1.95. The Hall–Kier alpha value is -3.41. The minimum atomic E-state index is -0.377. The molecule has 2 aromatic carbocycles. The van der Waals surface area contributed by atoms with Crippen molar-refractivity contribution in [3.05, 3.63) is 64.7 Å². The predicted molar refractivity (Wildman–Crippen MR) is 110 cm³/mol. The van der Waals surface area contributed by atoms with Gasteiger partial charge < -0.3 is 24.1 Å². The van der Waals surface area contributed by atoms with Crippen molar-refractivity contribution in [2.45, 2.75) is 20.3 Å². The topological polar surface area (TPSA) is 74.2 Å². The summed E-state index contributed by atoms with van der Waals surface area (Å²) in [5, 5.41) is 10.5. The highest BCUT2D eigenvalue weighted by Gasteiger charge is 2.18. The molecule has 0 saturated heterocycles. The molecular formula is C23H24O6. The number of fused-ring (bicyclic) bond motifs is 1. The lowest BCUT2D eigenvalue weighted by Crippen LogP contribution is -2.03. The summed E-state index contributed by atoms with van der Waals surface area (Å²) < 4.78 is 21.4. The van der Waals surface area contributed by atoms with Gasteiger partial charge in [-0.05, 0) is 50.1 Å². The molecule has 6 nitrogen and oxygen atoms in total. The van der Waals surface area contributed by atoms with Gasteiger partial charge in [0.1, 0.15) is 17.3 Å². The van der Waals surface area contributed by atoms with E-state index in [1.807, 2.05) is 13.8 Å². The highest BCUT2D eigenvalue weighted by atomic mass is 16.7. The highest BCUT2D eigenvalue weighted by molar-refractivity contribution is 6.09. The Morgan fingerprint density at radius 1 is 1.07 bits per heavy atom. The predicted octanol–water partition coefficient (Wildman–Crippen LogP) is 4.72. The van der Waals surface area contributed by atoms with E-state index in [0.29, 0.717) is 40.5 Å². The number of ketones is 1. The maximum Gasteiger partial charge on any atom is 0.231 e. The molecule has 0 amide bonds. The Kier molecular flexibility index (Phi) is 6.12. The summed E-state index contributed by atoms with van der Waals surface area (Å²) in [6.07, 6.45) is 3.85. The Morgan fingerprint density at radius 3 is 2.48 bits per heavy atom. The summed E-state index contributed by atoms with van der Waals surface area (Å²) in [7, 11) is 3.07. The van der Waals surface area contributed by atoms with Crippen LogP contribution in [0.5, 0.6) is 23.0 Å². The van der Waals surface area contributed by atoms with Gasteiger partial charge >= 0.3 is 0 Å². The molecule has 0 fully saturated rings. The smallest absolute Gasteiger partial charge is 0.231 e. The molecule has 0 radical (unpaired) electrons. The zero-order valence-electron chi connectivity index (χ0n) is 16.9. The largest absolute Gasteiger partial charge is 0.507 e. The lowest BCUT2D eigenvalue weighted by molar-refractivity contribution is 0.104. The first-order chi connectivity index (χ1) is 13.9. The van der Waals surface area contributed by atoms with Crippen LogP contribution in [0.15, 0.2) is 48.1 Å². The lowest BCUT2D eigenvalue weighted by atomic mass is 10.0. The first-order valence-corrected chi connectivity index (χ1v) is 9.16. The fourth-order valence-corrected chi connectivity index (χ4v) is 2.97. The normalized spacial score (nSPS) is 12.5. The van der Waals surface area contributed by atoms with Crippen LogP contribution in [0.3, 0.4) is 0 Å². The van der Waals surface area contributed by atoms with Gasteiger partial charge in [-0.25, -0.2) is 0 Å². The van der Waals surface area contributed by atoms with Crippen LogP contribution >= 0.6 is 0 Å². The number of ether oxygens (including phenoxy) is 4. The number of rotatable bonds is 7. The molecule has 1 aliphatic rings. The summed E-state index contributed by atoms with van der Waals surface area (Å²) in [4.78, 5) is 12.9. The number of allylic oxidation sites excluding steroid dienone is 3. The molecule has 1 heterocycles. The maximum absolute atomic E-state index is 12.9. The van der Waals surface area contributed by atoms with Crippen LogP contribution in [0.4, 0.5) is 0 Å². The second-order valence-electron chi connectivity index (χ2n) is 6.81. The third-order valence-electron chi connectivity index (χ3n) is 4.53. The second-order valence-corrected chi connectivity index (χ2v) is 6.81. The average Bonchev–Trinajstić information content (AvgIpc) is 3.19. The molecule has 2 aromatic rings. The molecule has 1 aliphatic heterocycles. The van der Waals surface area contributed by atoms with Gasteiger partial charge in [0.25, 0.3) is 0 Å². The number of carbonyl (C=O) groups is 1. The van der Waals surface area contributed by atoms with Crippen LogP contribution < -0.4 is 18.9 Å². The van der Waals surface area contributed by atoms with E-state index >= 15 is 0 Å². The van der Waals surface area contributed by atoms with Gasteiger partial charge in [-0.1, -0.05) is 11.6 Å². The van der Waals surface area contributed by atoms with Crippen LogP contribution in [-0.2, 0) is 6.42 Å². The third-order valence-corrected chi connectivity index (χ3v) is 4.53. The molecule has 0 atom stereocenters. The quantitative estimate of drug-likeness (QED) is 0.316. The molecule has 3 rings (SSSR count). The minimum Gasteiger partial charge on any atom is -0.507 e. The van der Waals surface area contributed by atoms with E-state index in [1.54, 1.807) is 37.4 Å². The number of methoxy groups -OCH3 is 2. The Bertz CT molecular complexity index is 983. The number of carbonyl (C=O) groups excluding carboxylic acids is 1. The average molecular weight is 396 g/mol. The van der Waals surface area contributed by atoms with E-state index in [-0.39, 0.29) is 18.3 Å². The van der Waals surface area contributed by atoms with Gasteiger partial charge in [0.2, 0.25) is 6.79 Å². The lowest BCUT2D eigenvalue weighted by Gasteiger charge is -2.13. The van der Waals surface area contributed by atoms with E-state index in [2.05, 4.69) is 6.08 Å². The van der Waals surface area contributed by atoms with Crippen molar-refractivity contribution in [1.29, 1.82) is 0 Å². The number of hydrogen-bond donors (Lipinski definition) is 1. The van der Waals surface area contributed by atoms with Gasteiger partial charge in [-0.2, -0.15) is 0 Å². The van der Waals surface area contributed by atoms with Gasteiger partial charge in [-0.15, -0.1) is 0 Å². The summed E-state index contributed by atoms with van der Waals surface area (Å²) >= 11 is 0. The van der Waals surface area contributed by atoms with Crippen molar-refractivity contribution in [3.63, 3.8) is 0 Å². The number of aliphatic hydroxyl groups is 1. The van der Waals surface area contributed by atoms with Crippen LogP contribution in [0.25, 0.3) is 5.76 Å². The van der Waals surface area contributed by atoms with Gasteiger partial charge in [0, 0.05) is 17.7 Å². The number of hydrogen-bond acceptors (Lipinski definition) is 6. The highest BCUT2D eigenvalue weighted by Crippen LogP contribution is 2.35. The summed E-state index contributed by atoms with van der Waals surface area (Å²) in [6.45, 7) is 4.15.